The van der Waals surface area contributed by atoms with Crippen LogP contribution in [0.3, 0.4) is 0 Å². The number of hydrogen-bond acceptors (Lipinski definition) is 6. The molecule has 5 rings (SSSR count). The molecule has 0 bridgehead atoms. The van der Waals surface area contributed by atoms with Crippen LogP contribution >= 0.6 is 11.3 Å². The molecule has 0 aliphatic carbocycles. The molecule has 2 aromatic rings. The fourth-order valence-corrected chi connectivity index (χ4v) is 7.88. The molecule has 1 atom stereocenters. The predicted octanol–water partition coefficient (Wildman–Crippen LogP) is 4.90. The Morgan fingerprint density at radius 1 is 1.18 bits per heavy atom. The summed E-state index contributed by atoms with van der Waals surface area (Å²) in [5.41, 5.74) is -0.891. The number of rotatable bonds is 4. The number of carboxylic acid groups (broad SMARTS) is 1. The van der Waals surface area contributed by atoms with Crippen molar-refractivity contribution in [2.24, 2.45) is 4.99 Å². The number of aliphatic imine (C=N–C) groups is 1. The number of nitrogens with zero attached hydrogens (tertiary/aromatic N) is 5. The van der Waals surface area contributed by atoms with E-state index in [1.807, 2.05) is 63.8 Å². The van der Waals surface area contributed by atoms with Crippen molar-refractivity contribution >= 4 is 50.2 Å². The van der Waals surface area contributed by atoms with Gasteiger partial charge in [0, 0.05) is 47.8 Å². The van der Waals surface area contributed by atoms with Crippen molar-refractivity contribution in [3.05, 3.63) is 29.8 Å². The number of fused-ring (bicyclic) bond motifs is 1. The second-order valence-corrected chi connectivity index (χ2v) is 12.9. The summed E-state index contributed by atoms with van der Waals surface area (Å²) >= 11 is 1.36. The minimum Gasteiger partial charge on any atom is -0.465 e. The van der Waals surface area contributed by atoms with Crippen LogP contribution in [0.25, 0.3) is 10.1 Å². The molecule has 1 spiro atoms. The first-order valence-corrected chi connectivity index (χ1v) is 14.7. The van der Waals surface area contributed by atoms with Crippen LogP contribution in [-0.4, -0.2) is 93.4 Å². The lowest BCUT2D eigenvalue weighted by atomic mass is 9.87. The molecule has 1 aromatic heterocycles. The van der Waals surface area contributed by atoms with Crippen LogP contribution in [0, 0.1) is 0 Å². The van der Waals surface area contributed by atoms with Crippen molar-refractivity contribution in [1.29, 1.82) is 0 Å². The Morgan fingerprint density at radius 2 is 1.87 bits per heavy atom. The highest BCUT2D eigenvalue weighted by Gasteiger charge is 2.50. The maximum Gasteiger partial charge on any atom is 0.412 e. The molecule has 0 saturated carbocycles. The third kappa shape index (κ3) is 4.82. The molecule has 3 amide bonds. The normalized spacial score (nSPS) is 23.1. The van der Waals surface area contributed by atoms with Gasteiger partial charge < -0.3 is 10.0 Å². The number of amidine groups is 1. The first-order chi connectivity index (χ1) is 18.5. The lowest BCUT2D eigenvalue weighted by molar-refractivity contribution is -0.133. The van der Waals surface area contributed by atoms with Gasteiger partial charge in [0.15, 0.2) is 5.54 Å². The van der Waals surface area contributed by atoms with Crippen LogP contribution in [0.15, 0.2) is 29.3 Å². The van der Waals surface area contributed by atoms with Crippen molar-refractivity contribution in [3.63, 3.8) is 0 Å². The monoisotopic (exact) mass is 553 g/mol. The van der Waals surface area contributed by atoms with Crippen molar-refractivity contribution in [2.75, 3.05) is 37.6 Å². The molecule has 4 heterocycles. The van der Waals surface area contributed by atoms with Gasteiger partial charge in [-0.2, -0.15) is 0 Å². The molecule has 0 radical (unpaired) electrons. The zero-order valence-corrected chi connectivity index (χ0v) is 24.4. The minimum absolute atomic E-state index is 0.115. The number of thiophene rings is 1. The molecule has 9 nitrogen and oxygen atoms in total. The van der Waals surface area contributed by atoms with E-state index in [4.69, 9.17) is 4.99 Å². The third-order valence-corrected chi connectivity index (χ3v) is 9.51. The maximum absolute atomic E-state index is 14.0. The third-order valence-electron chi connectivity index (χ3n) is 8.35. The summed E-state index contributed by atoms with van der Waals surface area (Å²) in [5.74, 6) is 0.823. The van der Waals surface area contributed by atoms with Crippen LogP contribution in [0.1, 0.15) is 70.7 Å². The molecule has 210 valence electrons. The quantitative estimate of drug-likeness (QED) is 0.581. The van der Waals surface area contributed by atoms with Gasteiger partial charge in [0.05, 0.1) is 5.56 Å². The van der Waals surface area contributed by atoms with Gasteiger partial charge in [-0.1, -0.05) is 18.2 Å². The molecule has 10 heteroatoms. The Kier molecular flexibility index (Phi) is 7.22. The van der Waals surface area contributed by atoms with E-state index in [-0.39, 0.29) is 17.9 Å². The summed E-state index contributed by atoms with van der Waals surface area (Å²) in [6.07, 6.45) is 2.28. The second kappa shape index (κ2) is 10.2. The highest BCUT2D eigenvalue weighted by Crippen LogP contribution is 2.42. The molecule has 2 saturated heterocycles. The molecule has 3 aliphatic heterocycles. The largest absolute Gasteiger partial charge is 0.465 e. The van der Waals surface area contributed by atoms with Gasteiger partial charge >= 0.3 is 6.09 Å². The van der Waals surface area contributed by atoms with Crippen molar-refractivity contribution in [2.45, 2.75) is 77.4 Å². The maximum atomic E-state index is 14.0. The topological polar surface area (TPSA) is 96.8 Å². The van der Waals surface area contributed by atoms with E-state index >= 15 is 0 Å². The number of anilines is 1. The van der Waals surface area contributed by atoms with E-state index in [1.54, 1.807) is 4.90 Å². The summed E-state index contributed by atoms with van der Waals surface area (Å²) in [7, 11) is 0. The lowest BCUT2D eigenvalue weighted by Gasteiger charge is -2.44. The zero-order chi connectivity index (χ0) is 28.1. The summed E-state index contributed by atoms with van der Waals surface area (Å²) in [4.78, 5) is 51.9. The van der Waals surface area contributed by atoms with Gasteiger partial charge in [-0.25, -0.2) is 4.79 Å². The van der Waals surface area contributed by atoms with Crippen LogP contribution in [-0.2, 0) is 4.79 Å². The van der Waals surface area contributed by atoms with E-state index in [2.05, 4.69) is 4.90 Å². The number of likely N-dealkylation sites (tertiary alicyclic amines) is 2. The number of carbonyl (C=O) groups excluding carboxylic acids is 2. The van der Waals surface area contributed by atoms with E-state index in [0.717, 1.165) is 48.1 Å². The van der Waals surface area contributed by atoms with Gasteiger partial charge in [-0.3, -0.25) is 29.3 Å². The van der Waals surface area contributed by atoms with E-state index in [0.29, 0.717) is 36.7 Å². The predicted molar refractivity (Wildman–Crippen MR) is 155 cm³/mol. The Bertz CT molecular complexity index is 1320. The standard InChI is InChI=1S/C29H39N5O4S/c1-6-33-19(2)30-29(26(33)36)14-9-15-32(18-29)20-12-16-31(17-13-20)24(35)23-21-10-7-8-11-22(21)39-25(23)34(27(37)38)28(3,4)5/h7-8,10-11,20H,6,9,12-18H2,1-5H3,(H,37,38). The van der Waals surface area contributed by atoms with Crippen LogP contribution in [0.2, 0.25) is 0 Å². The Labute approximate surface area is 234 Å². The molecule has 1 N–H and O–H groups in total. The van der Waals surface area contributed by atoms with Crippen molar-refractivity contribution < 1.29 is 19.5 Å². The second-order valence-electron chi connectivity index (χ2n) is 11.9. The van der Waals surface area contributed by atoms with E-state index < -0.39 is 17.2 Å². The highest BCUT2D eigenvalue weighted by atomic mass is 32.1. The Balaban J connectivity index is 1.35. The van der Waals surface area contributed by atoms with Crippen molar-refractivity contribution in [3.8, 4) is 0 Å². The number of benzene rings is 1. The van der Waals surface area contributed by atoms with Crippen LogP contribution < -0.4 is 4.90 Å². The van der Waals surface area contributed by atoms with Crippen molar-refractivity contribution in [1.82, 2.24) is 14.7 Å². The fourth-order valence-electron chi connectivity index (χ4n) is 6.50. The molecule has 39 heavy (non-hydrogen) atoms. The highest BCUT2D eigenvalue weighted by molar-refractivity contribution is 7.23. The molecular weight excluding hydrogens is 514 g/mol. The number of likely N-dealkylation sites (N-methyl/N-ethyl adjacent to an activating group) is 1. The van der Waals surface area contributed by atoms with E-state index in [1.165, 1.54) is 16.2 Å². The molecule has 1 aromatic carbocycles. The number of piperidine rings is 2. The van der Waals surface area contributed by atoms with Crippen LogP contribution in [0.4, 0.5) is 9.80 Å². The van der Waals surface area contributed by atoms with Gasteiger partial charge in [-0.05, 0) is 72.9 Å². The van der Waals surface area contributed by atoms with Gasteiger partial charge in [0.25, 0.3) is 11.8 Å². The first-order valence-electron chi connectivity index (χ1n) is 13.9. The molecule has 2 fully saturated rings. The molecule has 1 unspecified atom stereocenters. The number of hydrogen-bond donors (Lipinski definition) is 1. The zero-order valence-electron chi connectivity index (χ0n) is 23.6. The lowest BCUT2D eigenvalue weighted by Crippen LogP contribution is -2.57. The fraction of sp³-hybridized carbons (Fsp3) is 0.586. The summed E-state index contributed by atoms with van der Waals surface area (Å²) in [5, 5.41) is 11.4. The molecule has 3 aliphatic rings. The van der Waals surface area contributed by atoms with E-state index in [9.17, 15) is 19.5 Å². The summed E-state index contributed by atoms with van der Waals surface area (Å²) < 4.78 is 0.901. The Hall–Kier alpha value is -2.98. The SMILES string of the molecule is CCN1C(=O)C2(CCCN(C3CCN(C(=O)c4c(N(C(=O)O)C(C)(C)C)sc5ccccc45)CC3)C2)N=C1C. The summed E-state index contributed by atoms with van der Waals surface area (Å²) in [6, 6.07) is 7.94. The van der Waals surface area contributed by atoms with Gasteiger partial charge in [0.1, 0.15) is 10.8 Å². The van der Waals surface area contributed by atoms with Gasteiger partial charge in [0.2, 0.25) is 0 Å². The average molecular weight is 554 g/mol. The minimum atomic E-state index is -1.07. The smallest absolute Gasteiger partial charge is 0.412 e. The average Bonchev–Trinajstić information content (AvgIpc) is 3.36. The first kappa shape index (κ1) is 27.6. The molecular formula is C29H39N5O4S. The van der Waals surface area contributed by atoms with Crippen LogP contribution in [0.5, 0.6) is 0 Å². The van der Waals surface area contributed by atoms with Gasteiger partial charge in [-0.15, -0.1) is 11.3 Å². The summed E-state index contributed by atoms with van der Waals surface area (Å²) in [6.45, 7) is 12.8. The number of amides is 3. The number of carbonyl (C=O) groups is 3. The Morgan fingerprint density at radius 3 is 2.49 bits per heavy atom.